The van der Waals surface area contributed by atoms with Gasteiger partial charge in [-0.1, -0.05) is 25.1 Å². The summed E-state index contributed by atoms with van der Waals surface area (Å²) in [6.07, 6.45) is 2.18. The lowest BCUT2D eigenvalue weighted by atomic mass is 10.2. The third-order valence-electron chi connectivity index (χ3n) is 3.55. The number of nitrogens with one attached hydrogen (secondary N) is 2. The standard InChI is InChI=1S/C20H19FN2O4S/c1-2-17(20(27)23-16-9-4-3-8-15(16)21)28-14-7-5-6-13(12-14)22-18(24)10-11-19(25)26/h3-12,17H,2H2,1H3,(H,22,24)(H,23,27)(H,25,26)/b11-10+. The van der Waals surface area contributed by atoms with Crippen molar-refractivity contribution in [2.45, 2.75) is 23.5 Å². The van der Waals surface area contributed by atoms with Crippen molar-refractivity contribution in [3.63, 3.8) is 0 Å². The number of carbonyl (C=O) groups excluding carboxylic acids is 2. The Hall–Kier alpha value is -3.13. The molecule has 0 bridgehead atoms. The van der Waals surface area contributed by atoms with Gasteiger partial charge in [0, 0.05) is 22.7 Å². The summed E-state index contributed by atoms with van der Waals surface area (Å²) in [6, 6.07) is 12.8. The molecule has 2 aromatic carbocycles. The summed E-state index contributed by atoms with van der Waals surface area (Å²) in [4.78, 5) is 35.3. The molecule has 1 unspecified atom stereocenters. The average molecular weight is 402 g/mol. The fourth-order valence-electron chi connectivity index (χ4n) is 2.24. The predicted octanol–water partition coefficient (Wildman–Crippen LogP) is 3.91. The van der Waals surface area contributed by atoms with E-state index in [2.05, 4.69) is 10.6 Å². The Labute approximate surface area is 165 Å². The van der Waals surface area contributed by atoms with Gasteiger partial charge >= 0.3 is 5.97 Å². The van der Waals surface area contributed by atoms with Gasteiger partial charge in [0.15, 0.2) is 0 Å². The van der Waals surface area contributed by atoms with Crippen LogP contribution in [-0.2, 0) is 14.4 Å². The van der Waals surface area contributed by atoms with Crippen molar-refractivity contribution in [1.82, 2.24) is 0 Å². The number of carboxylic acid groups (broad SMARTS) is 1. The molecular weight excluding hydrogens is 383 g/mol. The number of anilines is 2. The second-order valence-corrected chi connectivity index (χ2v) is 6.95. The predicted molar refractivity (Wildman–Crippen MR) is 107 cm³/mol. The summed E-state index contributed by atoms with van der Waals surface area (Å²) in [6.45, 7) is 1.85. The highest BCUT2D eigenvalue weighted by Crippen LogP contribution is 2.28. The lowest BCUT2D eigenvalue weighted by Gasteiger charge is -2.15. The number of halogens is 1. The number of para-hydroxylation sites is 1. The maximum absolute atomic E-state index is 13.7. The summed E-state index contributed by atoms with van der Waals surface area (Å²) in [5, 5.41) is 13.2. The van der Waals surface area contributed by atoms with E-state index in [1.807, 2.05) is 6.92 Å². The molecule has 0 heterocycles. The number of thioether (sulfide) groups is 1. The Morgan fingerprint density at radius 2 is 1.86 bits per heavy atom. The summed E-state index contributed by atoms with van der Waals surface area (Å²) in [5.41, 5.74) is 0.590. The van der Waals surface area contributed by atoms with Crippen LogP contribution in [0.1, 0.15) is 13.3 Å². The van der Waals surface area contributed by atoms with Crippen LogP contribution in [0.4, 0.5) is 15.8 Å². The highest BCUT2D eigenvalue weighted by molar-refractivity contribution is 8.00. The third-order valence-corrected chi connectivity index (χ3v) is 4.91. The molecule has 8 heteroatoms. The molecule has 0 aromatic heterocycles. The normalized spacial score (nSPS) is 11.8. The Kier molecular flexibility index (Phi) is 7.76. The van der Waals surface area contributed by atoms with Crippen molar-refractivity contribution < 1.29 is 23.9 Å². The molecule has 0 spiro atoms. The molecule has 2 aromatic rings. The maximum atomic E-state index is 13.7. The summed E-state index contributed by atoms with van der Waals surface area (Å²) in [5.74, 6) is -2.62. The molecule has 0 saturated carbocycles. The fraction of sp³-hybridized carbons (Fsp3) is 0.150. The van der Waals surface area contributed by atoms with E-state index in [0.29, 0.717) is 12.1 Å². The first-order chi connectivity index (χ1) is 13.4. The molecule has 28 heavy (non-hydrogen) atoms. The van der Waals surface area contributed by atoms with E-state index in [1.165, 1.54) is 23.9 Å². The lowest BCUT2D eigenvalue weighted by molar-refractivity contribution is -0.131. The first kappa shape index (κ1) is 21.2. The number of rotatable bonds is 8. The molecule has 0 aliphatic carbocycles. The van der Waals surface area contributed by atoms with Gasteiger partial charge in [0.1, 0.15) is 5.82 Å². The molecule has 2 amide bonds. The van der Waals surface area contributed by atoms with Gasteiger partial charge in [0.05, 0.1) is 10.9 Å². The van der Waals surface area contributed by atoms with Crippen LogP contribution in [0.15, 0.2) is 65.6 Å². The zero-order chi connectivity index (χ0) is 20.5. The number of carbonyl (C=O) groups is 3. The van der Waals surface area contributed by atoms with Crippen LogP contribution in [0.5, 0.6) is 0 Å². The molecule has 0 fully saturated rings. The second-order valence-electron chi connectivity index (χ2n) is 5.67. The molecule has 0 aliphatic heterocycles. The molecule has 2 rings (SSSR count). The molecule has 3 N–H and O–H groups in total. The molecule has 146 valence electrons. The van der Waals surface area contributed by atoms with E-state index in [0.717, 1.165) is 17.0 Å². The summed E-state index contributed by atoms with van der Waals surface area (Å²) < 4.78 is 13.7. The zero-order valence-electron chi connectivity index (χ0n) is 15.0. The maximum Gasteiger partial charge on any atom is 0.328 e. The number of benzene rings is 2. The van der Waals surface area contributed by atoms with Gasteiger partial charge in [-0.05, 0) is 36.8 Å². The van der Waals surface area contributed by atoms with Crippen molar-refractivity contribution in [1.29, 1.82) is 0 Å². The van der Waals surface area contributed by atoms with E-state index in [4.69, 9.17) is 5.11 Å². The first-order valence-electron chi connectivity index (χ1n) is 8.43. The van der Waals surface area contributed by atoms with Crippen LogP contribution in [0, 0.1) is 5.82 Å². The topological polar surface area (TPSA) is 95.5 Å². The monoisotopic (exact) mass is 402 g/mol. The van der Waals surface area contributed by atoms with Gasteiger partial charge in [-0.25, -0.2) is 9.18 Å². The fourth-order valence-corrected chi connectivity index (χ4v) is 3.25. The minimum Gasteiger partial charge on any atom is -0.478 e. The van der Waals surface area contributed by atoms with Gasteiger partial charge < -0.3 is 15.7 Å². The van der Waals surface area contributed by atoms with Crippen molar-refractivity contribution in [2.24, 2.45) is 0 Å². The van der Waals surface area contributed by atoms with Crippen LogP contribution in [0.3, 0.4) is 0 Å². The van der Waals surface area contributed by atoms with Crippen LogP contribution in [-0.4, -0.2) is 28.1 Å². The Morgan fingerprint density at radius 1 is 1.11 bits per heavy atom. The number of hydrogen-bond acceptors (Lipinski definition) is 4. The Bertz CT molecular complexity index is 901. The van der Waals surface area contributed by atoms with E-state index in [9.17, 15) is 18.8 Å². The number of hydrogen-bond donors (Lipinski definition) is 3. The second kappa shape index (κ2) is 10.3. The summed E-state index contributed by atoms with van der Waals surface area (Å²) >= 11 is 1.28. The first-order valence-corrected chi connectivity index (χ1v) is 9.31. The molecule has 1 atom stereocenters. The van der Waals surface area contributed by atoms with Gasteiger partial charge in [-0.2, -0.15) is 0 Å². The van der Waals surface area contributed by atoms with Crippen molar-refractivity contribution >= 4 is 40.9 Å². The average Bonchev–Trinajstić information content (AvgIpc) is 2.66. The van der Waals surface area contributed by atoms with Crippen LogP contribution < -0.4 is 10.6 Å². The van der Waals surface area contributed by atoms with Gasteiger partial charge in [-0.3, -0.25) is 9.59 Å². The van der Waals surface area contributed by atoms with Crippen molar-refractivity contribution in [2.75, 3.05) is 10.6 Å². The van der Waals surface area contributed by atoms with Crippen LogP contribution in [0.2, 0.25) is 0 Å². The molecular formula is C20H19FN2O4S. The number of aliphatic carboxylic acids is 1. The number of amides is 2. The zero-order valence-corrected chi connectivity index (χ0v) is 15.8. The van der Waals surface area contributed by atoms with Crippen molar-refractivity contribution in [3.05, 3.63) is 66.5 Å². The van der Waals surface area contributed by atoms with Crippen LogP contribution in [0.25, 0.3) is 0 Å². The van der Waals surface area contributed by atoms with E-state index >= 15 is 0 Å². The number of carboxylic acids is 1. The molecule has 0 saturated heterocycles. The van der Waals surface area contributed by atoms with E-state index in [-0.39, 0.29) is 11.6 Å². The van der Waals surface area contributed by atoms with Gasteiger partial charge in [-0.15, -0.1) is 11.8 Å². The van der Waals surface area contributed by atoms with E-state index in [1.54, 1.807) is 36.4 Å². The molecule has 0 aliphatic rings. The van der Waals surface area contributed by atoms with Crippen LogP contribution >= 0.6 is 11.8 Å². The minimum atomic E-state index is -1.22. The highest BCUT2D eigenvalue weighted by Gasteiger charge is 2.19. The summed E-state index contributed by atoms with van der Waals surface area (Å²) in [7, 11) is 0. The highest BCUT2D eigenvalue weighted by atomic mass is 32.2. The van der Waals surface area contributed by atoms with E-state index < -0.39 is 22.9 Å². The Morgan fingerprint density at radius 3 is 2.54 bits per heavy atom. The SMILES string of the molecule is CCC(Sc1cccc(NC(=O)/C=C/C(=O)O)c1)C(=O)Nc1ccccc1F. The van der Waals surface area contributed by atoms with Gasteiger partial charge in [0.25, 0.3) is 0 Å². The third kappa shape index (κ3) is 6.55. The minimum absolute atomic E-state index is 0.123. The smallest absolute Gasteiger partial charge is 0.328 e. The molecule has 6 nitrogen and oxygen atoms in total. The lowest BCUT2D eigenvalue weighted by Crippen LogP contribution is -2.25. The Balaban J connectivity index is 2.04. The largest absolute Gasteiger partial charge is 0.478 e. The molecule has 0 radical (unpaired) electrons. The van der Waals surface area contributed by atoms with Crippen molar-refractivity contribution in [3.8, 4) is 0 Å². The quantitative estimate of drug-likeness (QED) is 0.460. The van der Waals surface area contributed by atoms with Gasteiger partial charge in [0.2, 0.25) is 11.8 Å².